The van der Waals surface area contributed by atoms with E-state index < -0.39 is 0 Å². The van der Waals surface area contributed by atoms with E-state index in [-0.39, 0.29) is 0 Å². The monoisotopic (exact) mass is 209 g/mol. The van der Waals surface area contributed by atoms with Crippen LogP contribution in [0.3, 0.4) is 0 Å². The van der Waals surface area contributed by atoms with Gasteiger partial charge in [0.05, 0.1) is 22.7 Å². The van der Waals surface area contributed by atoms with Crippen molar-refractivity contribution in [2.45, 2.75) is 13.5 Å². The van der Waals surface area contributed by atoms with Gasteiger partial charge in [-0.1, -0.05) is 18.1 Å². The summed E-state index contributed by atoms with van der Waals surface area (Å²) in [6.45, 7) is 3.00. The van der Waals surface area contributed by atoms with Gasteiger partial charge in [-0.15, -0.1) is 6.42 Å². The van der Waals surface area contributed by atoms with Gasteiger partial charge in [-0.2, -0.15) is 5.10 Å². The lowest BCUT2D eigenvalue weighted by Crippen LogP contribution is -1.94. The minimum absolute atomic E-state index is 0.887. The molecule has 0 saturated carbocycles. The summed E-state index contributed by atoms with van der Waals surface area (Å²) in [6, 6.07) is 6.03. The van der Waals surface area contributed by atoms with Crippen LogP contribution in [0, 0.1) is 12.3 Å². The molecule has 0 bridgehead atoms. The molecular formula is C13H11N3. The maximum atomic E-state index is 5.54. The van der Waals surface area contributed by atoms with Crippen LogP contribution in [-0.2, 0) is 6.54 Å². The Kier molecular flexibility index (Phi) is 1.78. The molecule has 3 aromatic rings. The van der Waals surface area contributed by atoms with E-state index in [2.05, 4.69) is 33.7 Å². The Balaban J connectivity index is 2.63. The number of nitrogens with one attached hydrogen (secondary N) is 1. The van der Waals surface area contributed by atoms with E-state index in [1.54, 1.807) is 0 Å². The van der Waals surface area contributed by atoms with E-state index in [9.17, 15) is 0 Å². The van der Waals surface area contributed by atoms with E-state index in [1.807, 2.05) is 18.3 Å². The summed E-state index contributed by atoms with van der Waals surface area (Å²) in [5.74, 6) is 2.74. The second-order valence-electron chi connectivity index (χ2n) is 3.72. The number of benzene rings is 1. The number of hydrogen-bond acceptors (Lipinski definition) is 1. The van der Waals surface area contributed by atoms with E-state index in [4.69, 9.17) is 6.42 Å². The molecule has 2 heterocycles. The molecule has 3 nitrogen and oxygen atoms in total. The molecule has 78 valence electrons. The summed E-state index contributed by atoms with van der Waals surface area (Å²) in [4.78, 5) is 0. The molecule has 16 heavy (non-hydrogen) atoms. The lowest BCUT2D eigenvalue weighted by atomic mass is 10.1. The molecule has 0 atom stereocenters. The summed E-state index contributed by atoms with van der Waals surface area (Å²) in [5.41, 5.74) is 4.23. The first kappa shape index (κ1) is 9.05. The Hall–Kier alpha value is -2.21. The van der Waals surface area contributed by atoms with Gasteiger partial charge in [-0.25, -0.2) is 0 Å². The Morgan fingerprint density at radius 1 is 1.50 bits per heavy atom. The van der Waals surface area contributed by atoms with Crippen LogP contribution < -0.4 is 0 Å². The minimum atomic E-state index is 0.887. The van der Waals surface area contributed by atoms with E-state index in [1.165, 1.54) is 0 Å². The molecular weight excluding hydrogens is 198 g/mol. The van der Waals surface area contributed by atoms with Crippen LogP contribution in [0.5, 0.6) is 0 Å². The highest BCUT2D eigenvalue weighted by molar-refractivity contribution is 6.07. The van der Waals surface area contributed by atoms with Gasteiger partial charge in [-0.3, -0.25) is 5.10 Å². The van der Waals surface area contributed by atoms with Crippen LogP contribution >= 0.6 is 0 Å². The van der Waals surface area contributed by atoms with Crippen LogP contribution in [0.15, 0.2) is 24.4 Å². The zero-order valence-corrected chi connectivity index (χ0v) is 8.99. The van der Waals surface area contributed by atoms with Crippen molar-refractivity contribution >= 4 is 21.9 Å². The van der Waals surface area contributed by atoms with Crippen LogP contribution in [0.25, 0.3) is 21.9 Å². The van der Waals surface area contributed by atoms with Crippen molar-refractivity contribution in [3.05, 3.63) is 30.0 Å². The van der Waals surface area contributed by atoms with Crippen LogP contribution in [0.2, 0.25) is 0 Å². The molecule has 1 N–H and O–H groups in total. The summed E-state index contributed by atoms with van der Waals surface area (Å²) in [7, 11) is 0. The highest BCUT2D eigenvalue weighted by atomic mass is 15.1. The first-order valence-corrected chi connectivity index (χ1v) is 5.27. The van der Waals surface area contributed by atoms with Gasteiger partial charge >= 0.3 is 0 Å². The Labute approximate surface area is 93.1 Å². The average molecular weight is 209 g/mol. The Morgan fingerprint density at radius 2 is 2.38 bits per heavy atom. The summed E-state index contributed by atoms with van der Waals surface area (Å²) in [5, 5.41) is 8.25. The number of para-hydroxylation sites is 1. The van der Waals surface area contributed by atoms with Gasteiger partial charge in [0.2, 0.25) is 0 Å². The third-order valence-electron chi connectivity index (χ3n) is 2.96. The highest BCUT2D eigenvalue weighted by Gasteiger charge is 2.12. The molecule has 3 heteroatoms. The van der Waals surface area contributed by atoms with E-state index >= 15 is 0 Å². The van der Waals surface area contributed by atoms with Crippen molar-refractivity contribution in [2.24, 2.45) is 0 Å². The third-order valence-corrected chi connectivity index (χ3v) is 2.96. The smallest absolute Gasteiger partial charge is 0.0909 e. The first-order valence-electron chi connectivity index (χ1n) is 5.27. The van der Waals surface area contributed by atoms with Crippen molar-refractivity contribution in [3.63, 3.8) is 0 Å². The Morgan fingerprint density at radius 3 is 3.12 bits per heavy atom. The second kappa shape index (κ2) is 3.14. The fourth-order valence-electron chi connectivity index (χ4n) is 2.28. The van der Waals surface area contributed by atoms with Crippen LogP contribution in [0.4, 0.5) is 0 Å². The third kappa shape index (κ3) is 0.961. The predicted octanol–water partition coefficient (Wildman–Crippen LogP) is 2.52. The number of rotatable bonds is 1. The lowest BCUT2D eigenvalue weighted by Gasteiger charge is -2.03. The number of fused-ring (bicyclic) bond motifs is 3. The summed E-state index contributed by atoms with van der Waals surface area (Å²) >= 11 is 0. The lowest BCUT2D eigenvalue weighted by molar-refractivity contribution is 0.826. The van der Waals surface area contributed by atoms with Crippen molar-refractivity contribution in [1.82, 2.24) is 14.8 Å². The molecule has 1 aromatic carbocycles. The number of aryl methyl sites for hydroxylation is 1. The molecule has 3 rings (SSSR count). The summed E-state index contributed by atoms with van der Waals surface area (Å²) < 4.78 is 2.20. The largest absolute Gasteiger partial charge is 0.337 e. The zero-order chi connectivity index (χ0) is 11.1. The Bertz CT molecular complexity index is 710. The molecule has 0 aliphatic rings. The normalized spacial score (nSPS) is 11.0. The number of aromatic amines is 1. The van der Waals surface area contributed by atoms with Gasteiger partial charge in [0.25, 0.3) is 0 Å². The predicted molar refractivity (Wildman–Crippen MR) is 65.2 cm³/mol. The van der Waals surface area contributed by atoms with E-state index in [0.29, 0.717) is 0 Å². The molecule has 0 fully saturated rings. The maximum absolute atomic E-state index is 5.54. The average Bonchev–Trinajstić information content (AvgIpc) is 2.88. The van der Waals surface area contributed by atoms with Crippen molar-refractivity contribution in [1.29, 1.82) is 0 Å². The quantitative estimate of drug-likeness (QED) is 0.614. The van der Waals surface area contributed by atoms with Crippen molar-refractivity contribution in [2.75, 3.05) is 0 Å². The standard InChI is InChI=1S/C13H11N3/c1-3-9-6-5-7-10-12-11(8-14-15-12)16(4-2)13(9)10/h1,5-8H,4H2,2H3,(H,14,15). The summed E-state index contributed by atoms with van der Waals surface area (Å²) in [6.07, 6.45) is 7.39. The molecule has 0 aliphatic heterocycles. The second-order valence-corrected chi connectivity index (χ2v) is 3.72. The fraction of sp³-hybridized carbons (Fsp3) is 0.154. The minimum Gasteiger partial charge on any atom is -0.337 e. The van der Waals surface area contributed by atoms with Gasteiger partial charge in [0, 0.05) is 17.5 Å². The number of aromatic nitrogens is 3. The van der Waals surface area contributed by atoms with Crippen LogP contribution in [0.1, 0.15) is 12.5 Å². The molecule has 0 saturated heterocycles. The van der Waals surface area contributed by atoms with Gasteiger partial charge in [0.1, 0.15) is 0 Å². The molecule has 0 aliphatic carbocycles. The SMILES string of the molecule is C#Cc1cccc2c3[nH]ncc3n(CC)c12. The number of terminal acetylenes is 1. The van der Waals surface area contributed by atoms with Gasteiger partial charge in [0.15, 0.2) is 0 Å². The number of H-pyrrole nitrogens is 1. The van der Waals surface area contributed by atoms with Gasteiger partial charge in [-0.05, 0) is 13.0 Å². The maximum Gasteiger partial charge on any atom is 0.0909 e. The number of nitrogens with zero attached hydrogens (tertiary/aromatic N) is 2. The number of hydrogen-bond donors (Lipinski definition) is 1. The molecule has 0 amide bonds. The molecule has 0 unspecified atom stereocenters. The van der Waals surface area contributed by atoms with Crippen molar-refractivity contribution < 1.29 is 0 Å². The van der Waals surface area contributed by atoms with Crippen LogP contribution in [-0.4, -0.2) is 14.8 Å². The first-order chi connectivity index (χ1) is 7.86. The van der Waals surface area contributed by atoms with Gasteiger partial charge < -0.3 is 4.57 Å². The zero-order valence-electron chi connectivity index (χ0n) is 8.99. The fourth-order valence-corrected chi connectivity index (χ4v) is 2.28. The molecule has 2 aromatic heterocycles. The van der Waals surface area contributed by atoms with E-state index in [0.717, 1.165) is 34.0 Å². The molecule has 0 radical (unpaired) electrons. The van der Waals surface area contributed by atoms with Crippen molar-refractivity contribution in [3.8, 4) is 12.3 Å². The highest BCUT2D eigenvalue weighted by Crippen LogP contribution is 2.29. The topological polar surface area (TPSA) is 33.6 Å². The molecule has 0 spiro atoms.